The van der Waals surface area contributed by atoms with Crippen LogP contribution in [-0.4, -0.2) is 20.7 Å². The van der Waals surface area contributed by atoms with Gasteiger partial charge < -0.3 is 5.32 Å². The summed E-state index contributed by atoms with van der Waals surface area (Å²) in [6.45, 7) is 0.231. The Labute approximate surface area is 130 Å². The Hall–Kier alpha value is -3.09. The first-order valence-corrected chi connectivity index (χ1v) is 6.82. The van der Waals surface area contributed by atoms with Gasteiger partial charge in [-0.05, 0) is 42.0 Å². The van der Waals surface area contributed by atoms with E-state index in [4.69, 9.17) is 0 Å². The summed E-state index contributed by atoms with van der Waals surface area (Å²) in [7, 11) is 0. The van der Waals surface area contributed by atoms with Crippen LogP contribution >= 0.6 is 0 Å². The lowest BCUT2D eigenvalue weighted by atomic mass is 10.2. The van der Waals surface area contributed by atoms with E-state index in [2.05, 4.69) is 15.4 Å². The predicted octanol–water partition coefficient (Wildman–Crippen LogP) is 2.48. The number of nitrogens with one attached hydrogen (secondary N) is 1. The Morgan fingerprint density at radius 3 is 2.74 bits per heavy atom. The zero-order valence-corrected chi connectivity index (χ0v) is 11.9. The fraction of sp³-hybridized carbons (Fsp3) is 0.0625. The molecule has 0 radical (unpaired) electrons. The summed E-state index contributed by atoms with van der Waals surface area (Å²) in [5.41, 5.74) is 0.867. The van der Waals surface area contributed by atoms with Crippen molar-refractivity contribution in [2.24, 2.45) is 0 Å². The van der Waals surface area contributed by atoms with Crippen LogP contribution in [0.4, 0.5) is 8.78 Å². The highest BCUT2D eigenvalue weighted by Crippen LogP contribution is 2.10. The van der Waals surface area contributed by atoms with Crippen molar-refractivity contribution in [3.63, 3.8) is 0 Å². The van der Waals surface area contributed by atoms with Crippen molar-refractivity contribution in [3.05, 3.63) is 77.8 Å². The minimum Gasteiger partial charge on any atom is -0.348 e. The molecular formula is C16H12F2N4O. The molecule has 0 spiro atoms. The molecule has 1 aromatic carbocycles. The maximum atomic E-state index is 13.1. The Morgan fingerprint density at radius 1 is 1.13 bits per heavy atom. The lowest BCUT2D eigenvalue weighted by Crippen LogP contribution is -2.23. The third-order valence-electron chi connectivity index (χ3n) is 3.18. The zero-order chi connectivity index (χ0) is 16.2. The minimum atomic E-state index is -1.05. The molecule has 3 rings (SSSR count). The van der Waals surface area contributed by atoms with Gasteiger partial charge in [0.15, 0.2) is 17.5 Å². The van der Waals surface area contributed by atoms with Gasteiger partial charge in [0.1, 0.15) is 0 Å². The van der Waals surface area contributed by atoms with Crippen LogP contribution in [0.15, 0.2) is 55.0 Å². The Bertz CT molecular complexity index is 834. The van der Waals surface area contributed by atoms with Gasteiger partial charge in [0.2, 0.25) is 0 Å². The standard InChI is InChI=1S/C16H12F2N4O/c17-13-3-2-12(9-14(13)18)16(23)20-10-11-4-6-19-15(8-11)22-7-1-5-21-22/h1-9H,10H2,(H,20,23). The molecule has 1 N–H and O–H groups in total. The van der Waals surface area contributed by atoms with Gasteiger partial charge in [-0.2, -0.15) is 5.10 Å². The molecule has 2 heterocycles. The smallest absolute Gasteiger partial charge is 0.251 e. The molecule has 23 heavy (non-hydrogen) atoms. The van der Waals surface area contributed by atoms with Crippen molar-refractivity contribution in [1.82, 2.24) is 20.1 Å². The lowest BCUT2D eigenvalue weighted by Gasteiger charge is -2.07. The molecule has 116 valence electrons. The van der Waals surface area contributed by atoms with Crippen LogP contribution in [0.1, 0.15) is 15.9 Å². The average Bonchev–Trinajstić information content (AvgIpc) is 3.10. The first-order valence-electron chi connectivity index (χ1n) is 6.82. The van der Waals surface area contributed by atoms with E-state index >= 15 is 0 Å². The summed E-state index contributed by atoms with van der Waals surface area (Å²) in [6.07, 6.45) is 5.00. The lowest BCUT2D eigenvalue weighted by molar-refractivity contribution is 0.0950. The van der Waals surface area contributed by atoms with Gasteiger partial charge in [-0.1, -0.05) is 0 Å². The van der Waals surface area contributed by atoms with Crippen LogP contribution in [0.25, 0.3) is 5.82 Å². The minimum absolute atomic E-state index is 0.0604. The van der Waals surface area contributed by atoms with Crippen molar-refractivity contribution in [2.45, 2.75) is 6.54 Å². The molecule has 0 atom stereocenters. The zero-order valence-electron chi connectivity index (χ0n) is 11.9. The molecular weight excluding hydrogens is 302 g/mol. The number of nitrogens with zero attached hydrogens (tertiary/aromatic N) is 3. The fourth-order valence-corrected chi connectivity index (χ4v) is 2.02. The van der Waals surface area contributed by atoms with Gasteiger partial charge >= 0.3 is 0 Å². The third-order valence-corrected chi connectivity index (χ3v) is 3.18. The molecule has 0 bridgehead atoms. The average molecular weight is 314 g/mol. The van der Waals surface area contributed by atoms with E-state index in [1.54, 1.807) is 41.5 Å². The number of hydrogen-bond acceptors (Lipinski definition) is 3. The van der Waals surface area contributed by atoms with E-state index in [0.717, 1.165) is 17.7 Å². The summed E-state index contributed by atoms with van der Waals surface area (Å²) >= 11 is 0. The summed E-state index contributed by atoms with van der Waals surface area (Å²) < 4.78 is 27.6. The van der Waals surface area contributed by atoms with Crippen LogP contribution in [0.5, 0.6) is 0 Å². The highest BCUT2D eigenvalue weighted by atomic mass is 19.2. The largest absolute Gasteiger partial charge is 0.348 e. The Balaban J connectivity index is 1.69. The number of amides is 1. The molecule has 7 heteroatoms. The quantitative estimate of drug-likeness (QED) is 0.805. The molecule has 0 aliphatic carbocycles. The number of hydrogen-bond donors (Lipinski definition) is 1. The normalized spacial score (nSPS) is 10.5. The molecule has 1 amide bonds. The van der Waals surface area contributed by atoms with Crippen molar-refractivity contribution in [2.75, 3.05) is 0 Å². The summed E-state index contributed by atoms with van der Waals surface area (Å²) in [4.78, 5) is 16.1. The highest BCUT2D eigenvalue weighted by Gasteiger charge is 2.09. The summed E-state index contributed by atoms with van der Waals surface area (Å²) in [6, 6.07) is 8.32. The van der Waals surface area contributed by atoms with Crippen LogP contribution in [0.2, 0.25) is 0 Å². The number of rotatable bonds is 4. The maximum absolute atomic E-state index is 13.1. The van der Waals surface area contributed by atoms with Gasteiger partial charge in [0.05, 0.1) is 0 Å². The molecule has 0 saturated heterocycles. The number of carbonyl (C=O) groups excluding carboxylic acids is 1. The van der Waals surface area contributed by atoms with E-state index in [0.29, 0.717) is 5.82 Å². The monoisotopic (exact) mass is 314 g/mol. The van der Waals surface area contributed by atoms with Crippen molar-refractivity contribution in [3.8, 4) is 5.82 Å². The number of aromatic nitrogens is 3. The summed E-state index contributed by atoms with van der Waals surface area (Å²) in [5.74, 6) is -1.90. The van der Waals surface area contributed by atoms with Crippen LogP contribution < -0.4 is 5.32 Å². The van der Waals surface area contributed by atoms with Crippen LogP contribution in [0, 0.1) is 11.6 Å². The van der Waals surface area contributed by atoms with E-state index in [-0.39, 0.29) is 12.1 Å². The SMILES string of the molecule is O=C(NCc1ccnc(-n2cccn2)c1)c1ccc(F)c(F)c1. The number of benzene rings is 1. The van der Waals surface area contributed by atoms with Crippen molar-refractivity contribution in [1.29, 1.82) is 0 Å². The number of pyridine rings is 1. The van der Waals surface area contributed by atoms with Gasteiger partial charge in [-0.15, -0.1) is 0 Å². The Kier molecular flexibility index (Phi) is 4.09. The second kappa shape index (κ2) is 6.35. The number of carbonyl (C=O) groups is 1. The third kappa shape index (κ3) is 3.39. The number of halogens is 2. The van der Waals surface area contributed by atoms with Gasteiger partial charge in [0.25, 0.3) is 5.91 Å². The fourth-order valence-electron chi connectivity index (χ4n) is 2.02. The van der Waals surface area contributed by atoms with Gasteiger partial charge in [-0.3, -0.25) is 4.79 Å². The van der Waals surface area contributed by atoms with E-state index in [1.165, 1.54) is 6.07 Å². The van der Waals surface area contributed by atoms with Gasteiger partial charge in [0, 0.05) is 30.7 Å². The predicted molar refractivity (Wildman–Crippen MR) is 78.9 cm³/mol. The first-order chi connectivity index (χ1) is 11.1. The Morgan fingerprint density at radius 2 is 2.00 bits per heavy atom. The van der Waals surface area contributed by atoms with E-state index in [1.807, 2.05) is 0 Å². The van der Waals surface area contributed by atoms with Crippen LogP contribution in [0.3, 0.4) is 0 Å². The molecule has 0 aliphatic rings. The van der Waals surface area contributed by atoms with E-state index in [9.17, 15) is 13.6 Å². The molecule has 5 nitrogen and oxygen atoms in total. The molecule has 0 saturated carbocycles. The van der Waals surface area contributed by atoms with Gasteiger partial charge in [-0.25, -0.2) is 18.4 Å². The molecule has 0 unspecified atom stereocenters. The maximum Gasteiger partial charge on any atom is 0.251 e. The second-order valence-electron chi connectivity index (χ2n) is 4.78. The highest BCUT2D eigenvalue weighted by molar-refractivity contribution is 5.94. The topological polar surface area (TPSA) is 59.8 Å². The molecule has 2 aromatic heterocycles. The van der Waals surface area contributed by atoms with Crippen molar-refractivity contribution >= 4 is 5.91 Å². The molecule has 0 aliphatic heterocycles. The second-order valence-corrected chi connectivity index (χ2v) is 4.78. The first kappa shape index (κ1) is 14.8. The van der Waals surface area contributed by atoms with Crippen LogP contribution in [-0.2, 0) is 6.54 Å². The van der Waals surface area contributed by atoms with E-state index < -0.39 is 17.5 Å². The molecule has 3 aromatic rings. The van der Waals surface area contributed by atoms with Crippen molar-refractivity contribution < 1.29 is 13.6 Å². The summed E-state index contributed by atoms with van der Waals surface area (Å²) in [5, 5.41) is 6.73. The molecule has 0 fully saturated rings.